The number of nitrogen functional groups attached to an aromatic ring is 1. The Labute approximate surface area is 111 Å². The van der Waals surface area contributed by atoms with Gasteiger partial charge in [-0.15, -0.1) is 0 Å². The normalized spacial score (nSPS) is 12.2. The van der Waals surface area contributed by atoms with Gasteiger partial charge in [-0.25, -0.2) is 0 Å². The van der Waals surface area contributed by atoms with Gasteiger partial charge in [0, 0.05) is 18.7 Å². The number of rotatable bonds is 7. The fourth-order valence-corrected chi connectivity index (χ4v) is 2.03. The predicted molar refractivity (Wildman–Crippen MR) is 79.4 cm³/mol. The molecule has 0 heterocycles. The maximum Gasteiger partial charge on any atom is 0.121 e. The maximum absolute atomic E-state index is 6.11. The Balaban J connectivity index is 3.02. The summed E-state index contributed by atoms with van der Waals surface area (Å²) in [6.07, 6.45) is 3.48. The molecule has 0 radical (unpaired) electrons. The van der Waals surface area contributed by atoms with Crippen molar-refractivity contribution in [2.75, 3.05) is 24.3 Å². The van der Waals surface area contributed by atoms with Gasteiger partial charge in [-0.05, 0) is 31.9 Å². The van der Waals surface area contributed by atoms with Gasteiger partial charge in [0.15, 0.2) is 0 Å². The molecule has 2 N–H and O–H groups in total. The highest BCUT2D eigenvalue weighted by Crippen LogP contribution is 2.30. The van der Waals surface area contributed by atoms with Gasteiger partial charge in [0.05, 0.1) is 18.5 Å². The van der Waals surface area contributed by atoms with Crippen LogP contribution < -0.4 is 15.4 Å². The van der Waals surface area contributed by atoms with E-state index in [9.17, 15) is 0 Å². The zero-order chi connectivity index (χ0) is 13.5. The van der Waals surface area contributed by atoms with Crippen LogP contribution in [-0.4, -0.2) is 19.7 Å². The van der Waals surface area contributed by atoms with E-state index < -0.39 is 0 Å². The van der Waals surface area contributed by atoms with E-state index in [0.29, 0.717) is 6.04 Å². The summed E-state index contributed by atoms with van der Waals surface area (Å²) in [7, 11) is 1.69. The fraction of sp³-hybridized carbons (Fsp3) is 0.600. The van der Waals surface area contributed by atoms with Gasteiger partial charge in [0.1, 0.15) is 5.75 Å². The number of anilines is 2. The highest BCUT2D eigenvalue weighted by atomic mass is 16.5. The topological polar surface area (TPSA) is 38.5 Å². The van der Waals surface area contributed by atoms with Crippen molar-refractivity contribution in [3.63, 3.8) is 0 Å². The van der Waals surface area contributed by atoms with Gasteiger partial charge in [0.25, 0.3) is 0 Å². The Morgan fingerprint density at radius 1 is 1.33 bits per heavy atom. The summed E-state index contributed by atoms with van der Waals surface area (Å²) in [6, 6.07) is 6.37. The van der Waals surface area contributed by atoms with Crippen molar-refractivity contribution in [2.24, 2.45) is 0 Å². The van der Waals surface area contributed by atoms with E-state index in [4.69, 9.17) is 10.5 Å². The quantitative estimate of drug-likeness (QED) is 0.750. The molecule has 0 aromatic heterocycles. The summed E-state index contributed by atoms with van der Waals surface area (Å²) < 4.78 is 5.30. The molecule has 0 amide bonds. The number of methoxy groups -OCH3 is 1. The summed E-state index contributed by atoms with van der Waals surface area (Å²) in [4.78, 5) is 2.39. The molecule has 0 spiro atoms. The lowest BCUT2D eigenvalue weighted by molar-refractivity contribution is 0.414. The zero-order valence-corrected chi connectivity index (χ0v) is 12.1. The van der Waals surface area contributed by atoms with E-state index in [2.05, 4.69) is 25.7 Å². The van der Waals surface area contributed by atoms with Crippen molar-refractivity contribution in [2.45, 2.75) is 46.1 Å². The smallest absolute Gasteiger partial charge is 0.121 e. The molecule has 3 heteroatoms. The average Bonchev–Trinajstić information content (AvgIpc) is 2.40. The molecule has 1 aromatic rings. The molecule has 0 saturated heterocycles. The summed E-state index contributed by atoms with van der Waals surface area (Å²) in [6.45, 7) is 7.71. The minimum atomic E-state index is 0.492. The van der Waals surface area contributed by atoms with Crippen LogP contribution in [0.25, 0.3) is 0 Å². The second-order valence-electron chi connectivity index (χ2n) is 4.73. The maximum atomic E-state index is 6.11. The molecule has 0 aliphatic carbocycles. The molecule has 1 unspecified atom stereocenters. The first-order chi connectivity index (χ1) is 8.63. The van der Waals surface area contributed by atoms with Gasteiger partial charge in [0.2, 0.25) is 0 Å². The molecule has 0 aliphatic heterocycles. The molecular formula is C15H26N2O. The van der Waals surface area contributed by atoms with Gasteiger partial charge in [-0.2, -0.15) is 0 Å². The largest absolute Gasteiger partial charge is 0.497 e. The van der Waals surface area contributed by atoms with Gasteiger partial charge in [-0.1, -0.05) is 20.3 Å². The monoisotopic (exact) mass is 250 g/mol. The van der Waals surface area contributed by atoms with Crippen LogP contribution in [0.2, 0.25) is 0 Å². The highest BCUT2D eigenvalue weighted by Gasteiger charge is 2.15. The van der Waals surface area contributed by atoms with E-state index in [0.717, 1.165) is 30.1 Å². The first-order valence-electron chi connectivity index (χ1n) is 6.84. The van der Waals surface area contributed by atoms with Crippen molar-refractivity contribution in [1.82, 2.24) is 0 Å². The minimum absolute atomic E-state index is 0.492. The van der Waals surface area contributed by atoms with Crippen LogP contribution in [0.15, 0.2) is 18.2 Å². The van der Waals surface area contributed by atoms with Crippen molar-refractivity contribution in [3.05, 3.63) is 18.2 Å². The third-order valence-corrected chi connectivity index (χ3v) is 3.42. The third-order valence-electron chi connectivity index (χ3n) is 3.42. The molecule has 3 nitrogen and oxygen atoms in total. The van der Waals surface area contributed by atoms with Gasteiger partial charge < -0.3 is 15.4 Å². The SMILES string of the molecule is CCCCN(c1cc(OC)ccc1N)C(C)CC. The Hall–Kier alpha value is -1.38. The van der Waals surface area contributed by atoms with Crippen LogP contribution in [0, 0.1) is 0 Å². The van der Waals surface area contributed by atoms with Crippen LogP contribution in [0.4, 0.5) is 11.4 Å². The number of hydrogen-bond donors (Lipinski definition) is 1. The molecule has 1 aromatic carbocycles. The lowest BCUT2D eigenvalue weighted by atomic mass is 10.1. The molecule has 102 valence electrons. The summed E-state index contributed by atoms with van der Waals surface area (Å²) in [5.41, 5.74) is 8.03. The molecule has 0 bridgehead atoms. The van der Waals surface area contributed by atoms with E-state index >= 15 is 0 Å². The lowest BCUT2D eigenvalue weighted by Gasteiger charge is -2.32. The van der Waals surface area contributed by atoms with Crippen molar-refractivity contribution in [3.8, 4) is 5.75 Å². The minimum Gasteiger partial charge on any atom is -0.497 e. The highest BCUT2D eigenvalue weighted by molar-refractivity contribution is 5.70. The Kier molecular flexibility index (Phi) is 5.83. The number of ether oxygens (including phenoxy) is 1. The third kappa shape index (κ3) is 3.56. The average molecular weight is 250 g/mol. The molecule has 0 saturated carbocycles. The van der Waals surface area contributed by atoms with Crippen LogP contribution in [-0.2, 0) is 0 Å². The number of nitrogens with zero attached hydrogens (tertiary/aromatic N) is 1. The Morgan fingerprint density at radius 3 is 2.61 bits per heavy atom. The van der Waals surface area contributed by atoms with Crippen LogP contribution in [0.3, 0.4) is 0 Å². The fourth-order valence-electron chi connectivity index (χ4n) is 2.03. The summed E-state index contributed by atoms with van der Waals surface area (Å²) >= 11 is 0. The standard InChI is InChI=1S/C15H26N2O/c1-5-7-10-17(12(3)6-2)15-11-13(18-4)8-9-14(15)16/h8-9,11-12H,5-7,10,16H2,1-4H3. The molecule has 0 fully saturated rings. The van der Waals surface area contributed by atoms with E-state index in [1.54, 1.807) is 7.11 Å². The number of nitrogens with two attached hydrogens (primary N) is 1. The predicted octanol–water partition coefficient (Wildman–Crippen LogP) is 3.68. The summed E-state index contributed by atoms with van der Waals surface area (Å²) in [5.74, 6) is 0.865. The first kappa shape index (κ1) is 14.7. The number of hydrogen-bond acceptors (Lipinski definition) is 3. The van der Waals surface area contributed by atoms with Crippen molar-refractivity contribution in [1.29, 1.82) is 0 Å². The van der Waals surface area contributed by atoms with Gasteiger partial charge in [-0.3, -0.25) is 0 Å². The van der Waals surface area contributed by atoms with E-state index in [-0.39, 0.29) is 0 Å². The lowest BCUT2D eigenvalue weighted by Crippen LogP contribution is -2.34. The van der Waals surface area contributed by atoms with Crippen LogP contribution in [0.1, 0.15) is 40.0 Å². The zero-order valence-electron chi connectivity index (χ0n) is 12.1. The first-order valence-corrected chi connectivity index (χ1v) is 6.84. The van der Waals surface area contributed by atoms with Crippen LogP contribution in [0.5, 0.6) is 5.75 Å². The molecule has 1 atom stereocenters. The second-order valence-corrected chi connectivity index (χ2v) is 4.73. The molecule has 18 heavy (non-hydrogen) atoms. The number of unbranched alkanes of at least 4 members (excludes halogenated alkanes) is 1. The summed E-state index contributed by atoms with van der Waals surface area (Å²) in [5, 5.41) is 0. The molecule has 0 aliphatic rings. The molecular weight excluding hydrogens is 224 g/mol. The van der Waals surface area contributed by atoms with E-state index in [1.807, 2.05) is 18.2 Å². The Morgan fingerprint density at radius 2 is 2.06 bits per heavy atom. The van der Waals surface area contributed by atoms with Gasteiger partial charge >= 0.3 is 0 Å². The van der Waals surface area contributed by atoms with Crippen LogP contribution >= 0.6 is 0 Å². The second kappa shape index (κ2) is 7.14. The van der Waals surface area contributed by atoms with E-state index in [1.165, 1.54) is 12.8 Å². The molecule has 1 rings (SSSR count). The Bertz CT molecular complexity index is 366. The van der Waals surface area contributed by atoms with Crippen molar-refractivity contribution >= 4 is 11.4 Å². The van der Waals surface area contributed by atoms with Crippen molar-refractivity contribution < 1.29 is 4.74 Å². The number of benzene rings is 1.